The average molecular weight is 748 g/mol. The van der Waals surface area contributed by atoms with Gasteiger partial charge in [0.25, 0.3) is 0 Å². The van der Waals surface area contributed by atoms with E-state index >= 15 is 0 Å². The molecule has 0 aliphatic carbocycles. The van der Waals surface area contributed by atoms with Crippen LogP contribution in [0.2, 0.25) is 0 Å². The molecule has 0 aromatic carbocycles. The number of carbonyl (C=O) groups excluding carboxylic acids is 3. The highest BCUT2D eigenvalue weighted by Gasteiger charge is 2.25. The summed E-state index contributed by atoms with van der Waals surface area (Å²) in [6, 6.07) is -0.726. The molecule has 308 valence electrons. The van der Waals surface area contributed by atoms with Gasteiger partial charge in [0.1, 0.15) is 12.6 Å². The van der Waals surface area contributed by atoms with Crippen molar-refractivity contribution in [1.82, 2.24) is 0 Å². The van der Waals surface area contributed by atoms with Crippen molar-refractivity contribution in [2.75, 3.05) is 41.0 Å². The highest BCUT2D eigenvalue weighted by molar-refractivity contribution is 5.70. The minimum absolute atomic E-state index is 0.0372. The van der Waals surface area contributed by atoms with E-state index in [9.17, 15) is 19.5 Å². The van der Waals surface area contributed by atoms with Crippen molar-refractivity contribution >= 4 is 17.9 Å². The Bertz CT molecular complexity index is 968. The largest absolute Gasteiger partial charge is 0.544 e. The quantitative estimate of drug-likeness (QED) is 0.0268. The lowest BCUT2D eigenvalue weighted by Crippen LogP contribution is -2.55. The molecule has 0 N–H and O–H groups in total. The summed E-state index contributed by atoms with van der Waals surface area (Å²) in [6.45, 7) is 4.56. The van der Waals surface area contributed by atoms with E-state index < -0.39 is 18.1 Å². The first-order valence-corrected chi connectivity index (χ1v) is 21.5. The summed E-state index contributed by atoms with van der Waals surface area (Å²) in [4.78, 5) is 36.7. The summed E-state index contributed by atoms with van der Waals surface area (Å²) in [5.41, 5.74) is 0. The number of rotatable bonds is 38. The zero-order chi connectivity index (χ0) is 39.3. The lowest BCUT2D eigenvalue weighted by molar-refractivity contribution is -0.889. The van der Waals surface area contributed by atoms with Gasteiger partial charge in [0.05, 0.1) is 40.3 Å². The second kappa shape index (κ2) is 36.5. The minimum Gasteiger partial charge on any atom is -0.544 e. The molecule has 8 nitrogen and oxygen atoms in total. The summed E-state index contributed by atoms with van der Waals surface area (Å²) in [7, 11) is 5.40. The fourth-order valence-electron chi connectivity index (χ4n) is 6.10. The normalized spacial score (nSPS) is 13.3. The Balaban J connectivity index is 4.31. The first-order valence-electron chi connectivity index (χ1n) is 21.5. The van der Waals surface area contributed by atoms with Crippen LogP contribution in [0.1, 0.15) is 181 Å². The van der Waals surface area contributed by atoms with Crippen LogP contribution in [0.4, 0.5) is 0 Å². The number of carbonyl (C=O) groups is 3. The molecular formula is C45H81NO7. The van der Waals surface area contributed by atoms with Crippen molar-refractivity contribution in [2.45, 2.75) is 193 Å². The molecule has 0 aliphatic rings. The Morgan fingerprint density at radius 1 is 0.566 bits per heavy atom. The molecule has 0 saturated heterocycles. The van der Waals surface area contributed by atoms with E-state index in [0.717, 1.165) is 64.2 Å². The van der Waals surface area contributed by atoms with E-state index in [1.54, 1.807) is 21.1 Å². The van der Waals surface area contributed by atoms with E-state index in [2.05, 4.69) is 50.3 Å². The van der Waals surface area contributed by atoms with Crippen molar-refractivity contribution in [3.05, 3.63) is 36.5 Å². The number of hydrogen-bond donors (Lipinski definition) is 0. The Hall–Kier alpha value is -2.45. The molecule has 8 heteroatoms. The number of aliphatic carboxylic acids is 1. The molecule has 0 fully saturated rings. The van der Waals surface area contributed by atoms with Crippen molar-refractivity contribution in [1.29, 1.82) is 0 Å². The van der Waals surface area contributed by atoms with Crippen LogP contribution in [0.3, 0.4) is 0 Å². The van der Waals surface area contributed by atoms with Gasteiger partial charge in [-0.1, -0.05) is 134 Å². The smallest absolute Gasteiger partial charge is 0.306 e. The van der Waals surface area contributed by atoms with Gasteiger partial charge in [0.2, 0.25) is 0 Å². The number of quaternary nitrogens is 1. The average Bonchev–Trinajstić information content (AvgIpc) is 3.11. The number of esters is 2. The standard InChI is InChI=1S/C45H81NO7/c1-6-8-10-12-14-16-18-19-20-21-22-23-24-25-26-28-30-32-34-36-44(48)53-41(39-51-38-37-42(45(49)50)46(3,4)5)40-52-43(47)35-33-31-29-27-17-15-13-11-9-7-2/h11,13-14,16,19-20,41-42H,6-10,12,15,17-18,21-40H2,1-5H3/b13-11-,16-14-,20-19-. The summed E-state index contributed by atoms with van der Waals surface area (Å²) < 4.78 is 17.1. The molecule has 0 heterocycles. The minimum atomic E-state index is -1.13. The highest BCUT2D eigenvalue weighted by Crippen LogP contribution is 2.14. The van der Waals surface area contributed by atoms with Crippen molar-refractivity contribution in [2.24, 2.45) is 0 Å². The topological polar surface area (TPSA) is 102 Å². The molecule has 2 atom stereocenters. The third-order valence-electron chi connectivity index (χ3n) is 9.48. The van der Waals surface area contributed by atoms with Crippen LogP contribution >= 0.6 is 0 Å². The predicted octanol–water partition coefficient (Wildman–Crippen LogP) is 10.1. The zero-order valence-electron chi connectivity index (χ0n) is 34.9. The maximum Gasteiger partial charge on any atom is 0.306 e. The van der Waals surface area contributed by atoms with Gasteiger partial charge in [0, 0.05) is 19.3 Å². The van der Waals surface area contributed by atoms with E-state index in [1.165, 1.54) is 83.5 Å². The molecule has 0 rings (SSSR count). The van der Waals surface area contributed by atoms with Crippen LogP contribution in [-0.2, 0) is 28.6 Å². The number of hydrogen-bond acceptors (Lipinski definition) is 7. The van der Waals surface area contributed by atoms with Crippen LogP contribution in [0.5, 0.6) is 0 Å². The Morgan fingerprint density at radius 3 is 1.55 bits per heavy atom. The van der Waals surface area contributed by atoms with E-state index in [-0.39, 0.29) is 42.7 Å². The molecule has 0 aliphatic heterocycles. The Kier molecular flexibility index (Phi) is 34.8. The van der Waals surface area contributed by atoms with Gasteiger partial charge in [-0.3, -0.25) is 9.59 Å². The molecule has 0 aromatic heterocycles. The molecule has 0 amide bonds. The van der Waals surface area contributed by atoms with Crippen molar-refractivity contribution in [3.63, 3.8) is 0 Å². The number of carboxylic acids is 1. The summed E-state index contributed by atoms with van der Waals surface area (Å²) in [5.74, 6) is -1.75. The molecule has 0 radical (unpaired) electrons. The number of likely N-dealkylation sites (N-methyl/N-ethyl adjacent to an activating group) is 1. The Morgan fingerprint density at radius 2 is 1.04 bits per heavy atom. The van der Waals surface area contributed by atoms with Crippen molar-refractivity contribution < 1.29 is 38.2 Å². The Labute approximate surface area is 325 Å². The second-order valence-corrected chi connectivity index (χ2v) is 15.6. The molecule has 0 saturated carbocycles. The highest BCUT2D eigenvalue weighted by atomic mass is 16.6. The lowest BCUT2D eigenvalue weighted by Gasteiger charge is -2.34. The fourth-order valence-corrected chi connectivity index (χ4v) is 6.10. The van der Waals surface area contributed by atoms with Crippen molar-refractivity contribution in [3.8, 4) is 0 Å². The van der Waals surface area contributed by atoms with Crippen LogP contribution in [0.15, 0.2) is 36.5 Å². The number of nitrogens with zero attached hydrogens (tertiary/aromatic N) is 1. The SMILES string of the molecule is CCC/C=C\CCCCCCCC(=O)OCC(COCCC(C(=O)[O-])[N+](C)(C)C)OC(=O)CCCCCCCCCCC/C=C\C/C=C\CCCCC. The number of ether oxygens (including phenoxy) is 3. The summed E-state index contributed by atoms with van der Waals surface area (Å²) in [5, 5.41) is 11.6. The van der Waals surface area contributed by atoms with Crippen LogP contribution < -0.4 is 5.11 Å². The molecule has 0 aromatic rings. The maximum atomic E-state index is 12.7. The van der Waals surface area contributed by atoms with Crippen LogP contribution in [0.25, 0.3) is 0 Å². The number of unbranched alkanes of at least 4 members (excludes halogenated alkanes) is 18. The van der Waals surface area contributed by atoms with Gasteiger partial charge in [0.15, 0.2) is 6.10 Å². The van der Waals surface area contributed by atoms with Gasteiger partial charge in [-0.15, -0.1) is 0 Å². The predicted molar refractivity (Wildman–Crippen MR) is 217 cm³/mol. The molecule has 0 bridgehead atoms. The first-order chi connectivity index (χ1) is 25.6. The van der Waals surface area contributed by atoms with Crippen LogP contribution in [-0.4, -0.2) is 75.5 Å². The van der Waals surface area contributed by atoms with Gasteiger partial charge >= 0.3 is 11.9 Å². The third kappa shape index (κ3) is 35.0. The van der Waals surface area contributed by atoms with E-state index in [1.807, 2.05) is 0 Å². The lowest BCUT2D eigenvalue weighted by atomic mass is 10.1. The van der Waals surface area contributed by atoms with Gasteiger partial charge < -0.3 is 28.6 Å². The molecule has 2 unspecified atom stereocenters. The third-order valence-corrected chi connectivity index (χ3v) is 9.48. The van der Waals surface area contributed by atoms with E-state index in [0.29, 0.717) is 12.8 Å². The second-order valence-electron chi connectivity index (χ2n) is 15.6. The molecule has 0 spiro atoms. The van der Waals surface area contributed by atoms with Crippen LogP contribution in [0, 0.1) is 0 Å². The number of carboxylic acid groups (broad SMARTS) is 1. The summed E-state index contributed by atoms with van der Waals surface area (Å²) in [6.07, 6.45) is 40.2. The number of allylic oxidation sites excluding steroid dienone is 6. The zero-order valence-corrected chi connectivity index (χ0v) is 34.9. The molecular weight excluding hydrogens is 666 g/mol. The van der Waals surface area contributed by atoms with Gasteiger partial charge in [-0.25, -0.2) is 0 Å². The van der Waals surface area contributed by atoms with Gasteiger partial charge in [-0.2, -0.15) is 0 Å². The fraction of sp³-hybridized carbons (Fsp3) is 0.800. The maximum absolute atomic E-state index is 12.7. The molecule has 53 heavy (non-hydrogen) atoms. The monoisotopic (exact) mass is 748 g/mol. The summed E-state index contributed by atoms with van der Waals surface area (Å²) >= 11 is 0. The van der Waals surface area contributed by atoms with E-state index in [4.69, 9.17) is 14.2 Å². The first kappa shape index (κ1) is 50.5. The van der Waals surface area contributed by atoms with Gasteiger partial charge in [-0.05, 0) is 64.2 Å².